The molecule has 0 atom stereocenters. The Bertz CT molecular complexity index is 988. The van der Waals surface area contributed by atoms with Crippen molar-refractivity contribution in [3.63, 3.8) is 0 Å². The maximum atomic E-state index is 13.1. The lowest BCUT2D eigenvalue weighted by atomic mass is 10.1. The number of carbonyl (C=O) groups is 1. The summed E-state index contributed by atoms with van der Waals surface area (Å²) >= 11 is 0. The van der Waals surface area contributed by atoms with E-state index >= 15 is 0 Å². The van der Waals surface area contributed by atoms with Gasteiger partial charge in [-0.2, -0.15) is 5.10 Å². The number of fused-ring (bicyclic) bond motifs is 3. The molecule has 2 aromatic carbocycles. The summed E-state index contributed by atoms with van der Waals surface area (Å²) < 4.78 is 7.37. The Hall–Kier alpha value is -2.76. The average molecular weight is 359 g/mol. The van der Waals surface area contributed by atoms with E-state index in [0.717, 1.165) is 73.0 Å². The topological polar surface area (TPSA) is 47.4 Å². The van der Waals surface area contributed by atoms with Gasteiger partial charge in [-0.3, -0.25) is 9.69 Å². The number of ether oxygens (including phenoxy) is 1. The van der Waals surface area contributed by atoms with Crippen molar-refractivity contribution < 1.29 is 9.53 Å². The fraction of sp³-hybridized carbons (Fsp3) is 0.273. The fourth-order valence-corrected chi connectivity index (χ4v) is 3.99. The van der Waals surface area contributed by atoms with Crippen molar-refractivity contribution in [3.8, 4) is 16.9 Å². The Labute approximate surface area is 158 Å². The molecule has 5 nitrogen and oxygen atoms in total. The van der Waals surface area contributed by atoms with Crippen LogP contribution < -0.4 is 0 Å². The van der Waals surface area contributed by atoms with E-state index in [1.54, 1.807) is 0 Å². The summed E-state index contributed by atoms with van der Waals surface area (Å²) in [4.78, 5) is 15.5. The Morgan fingerprint density at radius 3 is 2.41 bits per heavy atom. The van der Waals surface area contributed by atoms with Gasteiger partial charge in [-0.1, -0.05) is 42.5 Å². The van der Waals surface area contributed by atoms with E-state index in [4.69, 9.17) is 9.84 Å². The second-order valence-corrected chi connectivity index (χ2v) is 7.00. The molecule has 0 radical (unpaired) electrons. The van der Waals surface area contributed by atoms with E-state index in [9.17, 15) is 4.79 Å². The molecule has 5 rings (SSSR count). The lowest BCUT2D eigenvalue weighted by Gasteiger charge is -2.26. The molecule has 1 aliphatic heterocycles. The van der Waals surface area contributed by atoms with Gasteiger partial charge < -0.3 is 4.74 Å². The molecule has 3 aromatic rings. The fourth-order valence-electron chi connectivity index (χ4n) is 3.99. The number of aromatic nitrogens is 2. The van der Waals surface area contributed by atoms with Crippen molar-refractivity contribution >= 4 is 5.78 Å². The molecule has 0 bridgehead atoms. The molecule has 136 valence electrons. The Balaban J connectivity index is 1.57. The van der Waals surface area contributed by atoms with Gasteiger partial charge in [0.15, 0.2) is 5.78 Å². The molecule has 0 spiro atoms. The van der Waals surface area contributed by atoms with Crippen LogP contribution in [0.4, 0.5) is 0 Å². The molecular weight excluding hydrogens is 338 g/mol. The first-order chi connectivity index (χ1) is 13.3. The van der Waals surface area contributed by atoms with Gasteiger partial charge in [-0.05, 0) is 12.1 Å². The first-order valence-electron chi connectivity index (χ1n) is 9.44. The highest BCUT2D eigenvalue weighted by Gasteiger charge is 2.34. The highest BCUT2D eigenvalue weighted by molar-refractivity contribution is 6.21. The van der Waals surface area contributed by atoms with Gasteiger partial charge in [0.2, 0.25) is 0 Å². The van der Waals surface area contributed by atoms with Crippen LogP contribution in [0.1, 0.15) is 21.6 Å². The van der Waals surface area contributed by atoms with Crippen LogP contribution in [-0.4, -0.2) is 53.3 Å². The zero-order chi connectivity index (χ0) is 18.2. The Kier molecular flexibility index (Phi) is 4.11. The van der Waals surface area contributed by atoms with Crippen LogP contribution in [0.5, 0.6) is 0 Å². The Morgan fingerprint density at radius 2 is 1.63 bits per heavy atom. The summed E-state index contributed by atoms with van der Waals surface area (Å²) in [7, 11) is 0. The van der Waals surface area contributed by atoms with Crippen molar-refractivity contribution in [1.82, 2.24) is 14.7 Å². The predicted octanol–water partition coefficient (Wildman–Crippen LogP) is 2.96. The molecular formula is C22H21N3O2. The second kappa shape index (κ2) is 6.76. The van der Waals surface area contributed by atoms with E-state index in [-0.39, 0.29) is 5.78 Å². The van der Waals surface area contributed by atoms with Crippen LogP contribution >= 0.6 is 0 Å². The third kappa shape index (κ3) is 2.80. The van der Waals surface area contributed by atoms with Crippen LogP contribution in [0.2, 0.25) is 0 Å². The molecule has 1 saturated heterocycles. The molecule has 0 saturated carbocycles. The third-order valence-corrected chi connectivity index (χ3v) is 5.38. The first-order valence-corrected chi connectivity index (χ1v) is 9.44. The maximum Gasteiger partial charge on any atom is 0.197 e. The summed E-state index contributed by atoms with van der Waals surface area (Å²) in [6.07, 6.45) is 0.766. The number of para-hydroxylation sites is 1. The molecule has 27 heavy (non-hydrogen) atoms. The molecule has 1 aliphatic carbocycles. The number of hydrogen-bond donors (Lipinski definition) is 0. The van der Waals surface area contributed by atoms with Gasteiger partial charge in [0.05, 0.1) is 35.9 Å². The van der Waals surface area contributed by atoms with Crippen molar-refractivity contribution in [2.75, 3.05) is 32.8 Å². The standard InChI is InChI=1S/C22H21N3O2/c26-22-18-9-5-4-8-17(18)21-20(22)19(10-11-24-12-14-27-15-13-24)23-25(21)16-6-2-1-3-7-16/h1-9H,10-15H2. The number of carbonyl (C=O) groups excluding carboxylic acids is 1. The quantitative estimate of drug-likeness (QED) is 0.562. The lowest BCUT2D eigenvalue weighted by Crippen LogP contribution is -2.37. The molecule has 1 fully saturated rings. The number of nitrogens with zero attached hydrogens (tertiary/aromatic N) is 3. The minimum atomic E-state index is 0.0970. The molecule has 2 heterocycles. The van der Waals surface area contributed by atoms with Crippen LogP contribution in [0, 0.1) is 0 Å². The van der Waals surface area contributed by atoms with Crippen molar-refractivity contribution in [3.05, 3.63) is 71.4 Å². The first kappa shape index (κ1) is 16.4. The summed E-state index contributed by atoms with van der Waals surface area (Å²) in [6.45, 7) is 4.33. The van der Waals surface area contributed by atoms with E-state index in [1.807, 2.05) is 59.3 Å². The van der Waals surface area contributed by atoms with E-state index < -0.39 is 0 Å². The van der Waals surface area contributed by atoms with Crippen LogP contribution in [0.15, 0.2) is 54.6 Å². The highest BCUT2D eigenvalue weighted by atomic mass is 16.5. The van der Waals surface area contributed by atoms with Gasteiger partial charge in [-0.15, -0.1) is 0 Å². The SMILES string of the molecule is O=C1c2ccccc2-c2c1c(CCN1CCOCC1)nn2-c1ccccc1. The number of benzene rings is 2. The Morgan fingerprint density at radius 1 is 0.926 bits per heavy atom. The van der Waals surface area contributed by atoms with E-state index in [0.29, 0.717) is 0 Å². The molecule has 0 N–H and O–H groups in total. The number of morpholine rings is 1. The molecule has 2 aliphatic rings. The van der Waals surface area contributed by atoms with Gasteiger partial charge >= 0.3 is 0 Å². The summed E-state index contributed by atoms with van der Waals surface area (Å²) in [6, 6.07) is 17.9. The average Bonchev–Trinajstić information content (AvgIpc) is 3.25. The number of ketones is 1. The maximum absolute atomic E-state index is 13.1. The van der Waals surface area contributed by atoms with Crippen molar-refractivity contribution in [2.24, 2.45) is 0 Å². The minimum absolute atomic E-state index is 0.0970. The second-order valence-electron chi connectivity index (χ2n) is 7.00. The zero-order valence-electron chi connectivity index (χ0n) is 15.1. The zero-order valence-corrected chi connectivity index (χ0v) is 15.1. The monoisotopic (exact) mass is 359 g/mol. The smallest absolute Gasteiger partial charge is 0.197 e. The molecule has 5 heteroatoms. The minimum Gasteiger partial charge on any atom is -0.379 e. The van der Waals surface area contributed by atoms with Gasteiger partial charge in [-0.25, -0.2) is 4.68 Å². The van der Waals surface area contributed by atoms with Gasteiger partial charge in [0, 0.05) is 37.2 Å². The predicted molar refractivity (Wildman–Crippen MR) is 103 cm³/mol. The summed E-state index contributed by atoms with van der Waals surface area (Å²) in [5, 5.41) is 4.87. The number of hydrogen-bond acceptors (Lipinski definition) is 4. The van der Waals surface area contributed by atoms with Crippen molar-refractivity contribution in [1.29, 1.82) is 0 Å². The molecule has 1 aromatic heterocycles. The molecule has 0 unspecified atom stereocenters. The van der Waals surface area contributed by atoms with Crippen molar-refractivity contribution in [2.45, 2.75) is 6.42 Å². The lowest BCUT2D eigenvalue weighted by molar-refractivity contribution is 0.0383. The molecule has 0 amide bonds. The van der Waals surface area contributed by atoms with Gasteiger partial charge in [0.1, 0.15) is 0 Å². The normalized spacial score (nSPS) is 16.4. The third-order valence-electron chi connectivity index (χ3n) is 5.38. The van der Waals surface area contributed by atoms with Crippen LogP contribution in [0.25, 0.3) is 16.9 Å². The highest BCUT2D eigenvalue weighted by Crippen LogP contribution is 2.39. The number of rotatable bonds is 4. The summed E-state index contributed by atoms with van der Waals surface area (Å²) in [5.74, 6) is 0.0970. The van der Waals surface area contributed by atoms with Crippen LogP contribution in [0.3, 0.4) is 0 Å². The van der Waals surface area contributed by atoms with E-state index in [2.05, 4.69) is 4.90 Å². The van der Waals surface area contributed by atoms with E-state index in [1.165, 1.54) is 0 Å². The van der Waals surface area contributed by atoms with Gasteiger partial charge in [0.25, 0.3) is 0 Å². The summed E-state index contributed by atoms with van der Waals surface area (Å²) in [5.41, 5.74) is 5.33. The largest absolute Gasteiger partial charge is 0.379 e. The van der Waals surface area contributed by atoms with Crippen LogP contribution in [-0.2, 0) is 11.2 Å².